The second kappa shape index (κ2) is 10.4. The third kappa shape index (κ3) is 4.60. The van der Waals surface area contributed by atoms with E-state index in [0.29, 0.717) is 21.5 Å². The Morgan fingerprint density at radius 2 is 1.31 bits per heavy atom. The van der Waals surface area contributed by atoms with E-state index in [0.717, 1.165) is 38.3 Å². The van der Waals surface area contributed by atoms with Crippen LogP contribution in [0.2, 0.25) is 0 Å². The van der Waals surface area contributed by atoms with E-state index in [1.165, 1.54) is 0 Å². The minimum atomic E-state index is -0.228. The summed E-state index contributed by atoms with van der Waals surface area (Å²) < 4.78 is 10.2. The zero-order valence-electron chi connectivity index (χ0n) is 20.9. The fourth-order valence-electron chi connectivity index (χ4n) is 4.67. The van der Waals surface area contributed by atoms with Gasteiger partial charge in [0, 0.05) is 21.3 Å². The predicted octanol–water partition coefficient (Wildman–Crippen LogP) is 8.01. The summed E-state index contributed by atoms with van der Waals surface area (Å²) >= 11 is 9.52. The minimum Gasteiger partial charge on any atom is -0.497 e. The monoisotopic (exact) mass is 591 g/mol. The molecule has 0 radical (unpaired) electrons. The molecule has 2 heterocycles. The Labute approximate surface area is 238 Å². The van der Waals surface area contributed by atoms with Crippen LogP contribution in [0.1, 0.15) is 0 Å². The second-order valence-electron chi connectivity index (χ2n) is 8.92. The average Bonchev–Trinajstić information content (AvgIpc) is 2.98. The summed E-state index contributed by atoms with van der Waals surface area (Å²) in [6, 6.07) is 36.9. The number of halogens is 1. The van der Waals surface area contributed by atoms with Gasteiger partial charge in [-0.05, 0) is 72.4 Å². The first-order valence-corrected chi connectivity index (χ1v) is 13.5. The third-order valence-corrected chi connectivity index (χ3v) is 7.48. The van der Waals surface area contributed by atoms with Crippen LogP contribution in [-0.4, -0.2) is 21.2 Å². The summed E-state index contributed by atoms with van der Waals surface area (Å²) in [4.78, 5) is 19.4. The Balaban J connectivity index is 1.80. The van der Waals surface area contributed by atoms with Crippen LogP contribution in [0.5, 0.6) is 5.75 Å². The summed E-state index contributed by atoms with van der Waals surface area (Å²) in [5, 5.41) is 0.474. The van der Waals surface area contributed by atoms with Crippen molar-refractivity contribution in [3.8, 4) is 39.5 Å². The number of rotatable bonds is 5. The van der Waals surface area contributed by atoms with E-state index in [1.54, 1.807) is 11.7 Å². The van der Waals surface area contributed by atoms with Gasteiger partial charge in [0.05, 0.1) is 23.9 Å². The van der Waals surface area contributed by atoms with Crippen LogP contribution in [-0.2, 0) is 0 Å². The number of aromatic nitrogens is 3. The molecule has 0 aliphatic rings. The van der Waals surface area contributed by atoms with Gasteiger partial charge >= 0.3 is 0 Å². The molecule has 0 saturated heterocycles. The lowest BCUT2D eigenvalue weighted by atomic mass is 10.00. The molecule has 0 aliphatic carbocycles. The van der Waals surface area contributed by atoms with Gasteiger partial charge in [-0.15, -0.1) is 0 Å². The van der Waals surface area contributed by atoms with Gasteiger partial charge in [0.1, 0.15) is 5.75 Å². The van der Waals surface area contributed by atoms with Crippen LogP contribution in [0.15, 0.2) is 125 Å². The first kappa shape index (κ1) is 25.0. The quantitative estimate of drug-likeness (QED) is 0.190. The Morgan fingerprint density at radius 1 is 0.744 bits per heavy atom. The number of hydrogen-bond donors (Lipinski definition) is 0. The van der Waals surface area contributed by atoms with E-state index in [4.69, 9.17) is 21.9 Å². The standard InChI is InChI=1S/C32H22BrN3O2S/c1-38-26-18-14-21(15-19-26)27-20-28(22-12-16-23(33)17-13-22)34-30-29(27)31(37)36(25-10-6-3-7-11-25)32(39)35(30)24-8-4-2-5-9-24/h2-20H,1H3. The molecule has 4 aromatic carbocycles. The third-order valence-electron chi connectivity index (χ3n) is 6.58. The molecule has 0 amide bonds. The molecule has 0 N–H and O–H groups in total. The summed E-state index contributed by atoms with van der Waals surface area (Å²) in [6.07, 6.45) is 0. The topological polar surface area (TPSA) is 49.0 Å². The van der Waals surface area contributed by atoms with Crippen molar-refractivity contribution in [2.45, 2.75) is 0 Å². The van der Waals surface area contributed by atoms with Crippen LogP contribution in [0.3, 0.4) is 0 Å². The average molecular weight is 593 g/mol. The van der Waals surface area contributed by atoms with Crippen molar-refractivity contribution >= 4 is 39.2 Å². The smallest absolute Gasteiger partial charge is 0.269 e. The normalized spacial score (nSPS) is 11.0. The van der Waals surface area contributed by atoms with Crippen LogP contribution in [0, 0.1) is 4.77 Å². The van der Waals surface area contributed by atoms with E-state index in [2.05, 4.69) is 15.9 Å². The molecule has 6 rings (SSSR count). The highest BCUT2D eigenvalue weighted by Crippen LogP contribution is 2.33. The molecule has 5 nitrogen and oxygen atoms in total. The zero-order chi connectivity index (χ0) is 26.9. The van der Waals surface area contributed by atoms with Crippen LogP contribution in [0.4, 0.5) is 0 Å². The van der Waals surface area contributed by atoms with Crippen molar-refractivity contribution in [2.75, 3.05) is 7.11 Å². The molecule has 190 valence electrons. The molecule has 0 aliphatic heterocycles. The lowest BCUT2D eigenvalue weighted by Gasteiger charge is -2.19. The lowest BCUT2D eigenvalue weighted by Crippen LogP contribution is -2.25. The number of pyridine rings is 1. The molecule has 6 aromatic rings. The van der Waals surface area contributed by atoms with Gasteiger partial charge in [0.25, 0.3) is 5.56 Å². The Bertz CT molecular complexity index is 1920. The second-order valence-corrected chi connectivity index (χ2v) is 10.2. The first-order valence-electron chi connectivity index (χ1n) is 12.3. The molecule has 0 spiro atoms. The lowest BCUT2D eigenvalue weighted by molar-refractivity contribution is 0.415. The summed E-state index contributed by atoms with van der Waals surface area (Å²) in [6.45, 7) is 0. The SMILES string of the molecule is COc1ccc(-c2cc(-c3ccc(Br)cc3)nc3c2c(=O)n(-c2ccccc2)c(=S)n3-c2ccccc2)cc1. The number of nitrogens with zero attached hydrogens (tertiary/aromatic N) is 3. The highest BCUT2D eigenvalue weighted by molar-refractivity contribution is 9.10. The van der Waals surface area contributed by atoms with E-state index >= 15 is 0 Å². The predicted molar refractivity (Wildman–Crippen MR) is 163 cm³/mol. The first-order chi connectivity index (χ1) is 19.0. The van der Waals surface area contributed by atoms with Gasteiger partial charge in [0.2, 0.25) is 0 Å². The number of methoxy groups -OCH3 is 1. The van der Waals surface area contributed by atoms with Crippen LogP contribution in [0.25, 0.3) is 44.8 Å². The molecule has 0 saturated carbocycles. The van der Waals surface area contributed by atoms with Gasteiger partial charge in [-0.1, -0.05) is 76.6 Å². The van der Waals surface area contributed by atoms with E-state index < -0.39 is 0 Å². The maximum atomic E-state index is 14.4. The number of fused-ring (bicyclic) bond motifs is 1. The minimum absolute atomic E-state index is 0.228. The summed E-state index contributed by atoms with van der Waals surface area (Å²) in [5.74, 6) is 0.735. The van der Waals surface area contributed by atoms with Gasteiger partial charge in [-0.25, -0.2) is 4.98 Å². The van der Waals surface area contributed by atoms with Crippen molar-refractivity contribution in [2.24, 2.45) is 0 Å². The Morgan fingerprint density at radius 3 is 1.90 bits per heavy atom. The Kier molecular flexibility index (Phi) is 6.69. The van der Waals surface area contributed by atoms with Crippen molar-refractivity contribution in [1.29, 1.82) is 0 Å². The van der Waals surface area contributed by atoms with E-state index in [-0.39, 0.29) is 5.56 Å². The van der Waals surface area contributed by atoms with Crippen LogP contribution < -0.4 is 10.3 Å². The molecule has 7 heteroatoms. The number of benzene rings is 4. The molecule has 0 fully saturated rings. The summed E-state index contributed by atoms with van der Waals surface area (Å²) in [7, 11) is 1.63. The van der Waals surface area contributed by atoms with Gasteiger partial charge in [-0.2, -0.15) is 0 Å². The molecule has 0 atom stereocenters. The fraction of sp³-hybridized carbons (Fsp3) is 0.0312. The summed E-state index contributed by atoms with van der Waals surface area (Å²) in [5.41, 5.74) is 5.06. The Hall–Kier alpha value is -4.33. The van der Waals surface area contributed by atoms with Crippen molar-refractivity contribution < 1.29 is 4.74 Å². The maximum Gasteiger partial charge on any atom is 0.269 e. The molecule has 39 heavy (non-hydrogen) atoms. The molecular formula is C32H22BrN3O2S. The van der Waals surface area contributed by atoms with Crippen molar-refractivity contribution in [1.82, 2.24) is 14.1 Å². The van der Waals surface area contributed by atoms with E-state index in [1.807, 2.05) is 120 Å². The zero-order valence-corrected chi connectivity index (χ0v) is 23.3. The van der Waals surface area contributed by atoms with Crippen LogP contribution >= 0.6 is 28.1 Å². The van der Waals surface area contributed by atoms with Gasteiger partial charge in [0.15, 0.2) is 10.4 Å². The molecule has 0 unspecified atom stereocenters. The van der Waals surface area contributed by atoms with Crippen molar-refractivity contribution in [3.63, 3.8) is 0 Å². The van der Waals surface area contributed by atoms with Crippen molar-refractivity contribution in [3.05, 3.63) is 135 Å². The largest absolute Gasteiger partial charge is 0.497 e. The number of para-hydroxylation sites is 2. The molecule has 2 aromatic heterocycles. The highest BCUT2D eigenvalue weighted by Gasteiger charge is 2.20. The fourth-order valence-corrected chi connectivity index (χ4v) is 5.32. The van der Waals surface area contributed by atoms with Gasteiger partial charge < -0.3 is 4.74 Å². The number of ether oxygens (including phenoxy) is 1. The molecular weight excluding hydrogens is 570 g/mol. The highest BCUT2D eigenvalue weighted by atomic mass is 79.9. The number of hydrogen-bond acceptors (Lipinski definition) is 4. The maximum absolute atomic E-state index is 14.4. The van der Waals surface area contributed by atoms with Gasteiger partial charge in [-0.3, -0.25) is 13.9 Å². The molecule has 0 bridgehead atoms. The van der Waals surface area contributed by atoms with E-state index in [9.17, 15) is 4.79 Å².